The highest BCUT2D eigenvalue weighted by atomic mass is 14.5. The molecule has 1 radical (unpaired) electrons. The van der Waals surface area contributed by atoms with E-state index in [0.717, 1.165) is 13.1 Å². The molecule has 0 saturated heterocycles. The van der Waals surface area contributed by atoms with Gasteiger partial charge in [-0.15, -0.1) is 0 Å². The van der Waals surface area contributed by atoms with E-state index in [9.17, 15) is 0 Å². The smallest absolute Gasteiger partial charge is 0.00773 e. The van der Waals surface area contributed by atoms with Gasteiger partial charge in [0.05, 0.1) is 0 Å². The Morgan fingerprint density at radius 2 is 1.31 bits per heavy atom. The van der Waals surface area contributed by atoms with E-state index in [1.165, 1.54) is 64.2 Å². The molecule has 2 nitrogen and oxygen atoms in total. The Bertz CT molecular complexity index is 150. The van der Waals surface area contributed by atoms with Gasteiger partial charge in [0.15, 0.2) is 0 Å². The highest BCUT2D eigenvalue weighted by molar-refractivity contribution is 4.88. The lowest BCUT2D eigenvalue weighted by atomic mass is 9.68. The molecule has 2 heteroatoms. The Labute approximate surface area is 101 Å². The van der Waals surface area contributed by atoms with Crippen molar-refractivity contribution in [3.05, 3.63) is 6.42 Å². The van der Waals surface area contributed by atoms with E-state index in [-0.39, 0.29) is 0 Å². The molecule has 0 heterocycles. The first-order chi connectivity index (χ1) is 7.83. The second-order valence-electron chi connectivity index (χ2n) is 5.36. The van der Waals surface area contributed by atoms with Crippen molar-refractivity contribution in [3.63, 3.8) is 0 Å². The SMILES string of the molecule is NCCCCC1(CCCCN)CC[CH]CC1. The zero-order valence-electron chi connectivity index (χ0n) is 10.7. The van der Waals surface area contributed by atoms with Gasteiger partial charge in [-0.2, -0.15) is 0 Å². The zero-order chi connectivity index (χ0) is 11.7. The second-order valence-corrected chi connectivity index (χ2v) is 5.36. The van der Waals surface area contributed by atoms with Crippen LogP contribution in [0.25, 0.3) is 0 Å². The number of hydrogen-bond donors (Lipinski definition) is 2. The summed E-state index contributed by atoms with van der Waals surface area (Å²) in [6.45, 7) is 1.70. The van der Waals surface area contributed by atoms with Crippen LogP contribution >= 0.6 is 0 Å². The largest absolute Gasteiger partial charge is 0.330 e. The van der Waals surface area contributed by atoms with Crippen LogP contribution < -0.4 is 11.5 Å². The van der Waals surface area contributed by atoms with Crippen molar-refractivity contribution in [3.8, 4) is 0 Å². The minimum Gasteiger partial charge on any atom is -0.330 e. The Morgan fingerprint density at radius 1 is 0.812 bits per heavy atom. The molecule has 4 N–H and O–H groups in total. The lowest BCUT2D eigenvalue weighted by molar-refractivity contribution is 0.167. The van der Waals surface area contributed by atoms with Gasteiger partial charge < -0.3 is 11.5 Å². The van der Waals surface area contributed by atoms with E-state index in [1.54, 1.807) is 0 Å². The molecule has 0 unspecified atom stereocenters. The summed E-state index contributed by atoms with van der Waals surface area (Å²) in [6, 6.07) is 0. The van der Waals surface area contributed by atoms with E-state index >= 15 is 0 Å². The van der Waals surface area contributed by atoms with E-state index in [1.807, 2.05) is 0 Å². The summed E-state index contributed by atoms with van der Waals surface area (Å²) in [5.41, 5.74) is 11.8. The standard InChI is InChI=1S/C14H29N2/c15-12-6-4-10-14(11-5-7-13-16)8-2-1-3-9-14/h1H,2-13,15-16H2. The molecule has 16 heavy (non-hydrogen) atoms. The molecule has 1 rings (SSSR count). The van der Waals surface area contributed by atoms with Crippen molar-refractivity contribution >= 4 is 0 Å². The molecule has 1 aliphatic carbocycles. The first kappa shape index (κ1) is 14.0. The van der Waals surface area contributed by atoms with E-state index in [4.69, 9.17) is 11.5 Å². The third kappa shape index (κ3) is 4.84. The predicted octanol–water partition coefficient (Wildman–Crippen LogP) is 3.01. The average Bonchev–Trinajstić information content (AvgIpc) is 2.31. The van der Waals surface area contributed by atoms with Crippen LogP contribution in [0.1, 0.15) is 64.2 Å². The van der Waals surface area contributed by atoms with Gasteiger partial charge >= 0.3 is 0 Å². The normalized spacial score (nSPS) is 19.9. The van der Waals surface area contributed by atoms with Crippen molar-refractivity contribution in [2.24, 2.45) is 16.9 Å². The molecule has 0 aliphatic heterocycles. The molecular weight excluding hydrogens is 196 g/mol. The summed E-state index contributed by atoms with van der Waals surface area (Å²) in [7, 11) is 0. The van der Waals surface area contributed by atoms with Gasteiger partial charge in [-0.25, -0.2) is 0 Å². The number of nitrogens with two attached hydrogens (primary N) is 2. The van der Waals surface area contributed by atoms with Crippen LogP contribution in [0, 0.1) is 11.8 Å². The topological polar surface area (TPSA) is 52.0 Å². The first-order valence-corrected chi connectivity index (χ1v) is 7.05. The van der Waals surface area contributed by atoms with Crippen LogP contribution in [0.5, 0.6) is 0 Å². The van der Waals surface area contributed by atoms with E-state index in [2.05, 4.69) is 6.42 Å². The molecule has 1 saturated carbocycles. The minimum atomic E-state index is 0.638. The molecule has 0 atom stereocenters. The third-order valence-electron chi connectivity index (χ3n) is 4.08. The molecule has 0 amide bonds. The fourth-order valence-corrected chi connectivity index (χ4v) is 3.00. The zero-order valence-corrected chi connectivity index (χ0v) is 10.7. The molecule has 0 aromatic heterocycles. The van der Waals surface area contributed by atoms with Crippen molar-refractivity contribution in [1.82, 2.24) is 0 Å². The molecule has 95 valence electrons. The Kier molecular flexibility index (Phi) is 7.06. The molecule has 0 aromatic carbocycles. The lowest BCUT2D eigenvalue weighted by Crippen LogP contribution is -2.25. The van der Waals surface area contributed by atoms with Crippen LogP contribution in [-0.2, 0) is 0 Å². The monoisotopic (exact) mass is 225 g/mol. The van der Waals surface area contributed by atoms with Crippen LogP contribution in [-0.4, -0.2) is 13.1 Å². The second kappa shape index (κ2) is 8.08. The van der Waals surface area contributed by atoms with Crippen molar-refractivity contribution < 1.29 is 0 Å². The van der Waals surface area contributed by atoms with E-state index in [0.29, 0.717) is 5.41 Å². The van der Waals surface area contributed by atoms with Crippen LogP contribution in [0.4, 0.5) is 0 Å². The third-order valence-corrected chi connectivity index (χ3v) is 4.08. The maximum atomic E-state index is 5.59. The highest BCUT2D eigenvalue weighted by Crippen LogP contribution is 2.44. The summed E-state index contributed by atoms with van der Waals surface area (Å²) >= 11 is 0. The fourth-order valence-electron chi connectivity index (χ4n) is 3.00. The van der Waals surface area contributed by atoms with E-state index < -0.39 is 0 Å². The Hall–Kier alpha value is -0.0800. The van der Waals surface area contributed by atoms with Crippen LogP contribution in [0.2, 0.25) is 0 Å². The summed E-state index contributed by atoms with van der Waals surface area (Å²) in [6.07, 6.45) is 15.7. The van der Waals surface area contributed by atoms with Gasteiger partial charge in [0.2, 0.25) is 0 Å². The van der Waals surface area contributed by atoms with Gasteiger partial charge in [0.25, 0.3) is 0 Å². The van der Waals surface area contributed by atoms with Gasteiger partial charge in [0, 0.05) is 0 Å². The number of unbranched alkanes of at least 4 members (excludes halogenated alkanes) is 2. The summed E-state index contributed by atoms with van der Waals surface area (Å²) < 4.78 is 0. The summed E-state index contributed by atoms with van der Waals surface area (Å²) in [4.78, 5) is 0. The van der Waals surface area contributed by atoms with Crippen molar-refractivity contribution in [2.45, 2.75) is 64.2 Å². The summed E-state index contributed by atoms with van der Waals surface area (Å²) in [5.74, 6) is 0. The minimum absolute atomic E-state index is 0.638. The predicted molar refractivity (Wildman–Crippen MR) is 71.0 cm³/mol. The molecule has 1 fully saturated rings. The maximum absolute atomic E-state index is 5.59. The molecular formula is C14H29N2. The van der Waals surface area contributed by atoms with Crippen molar-refractivity contribution in [1.29, 1.82) is 0 Å². The van der Waals surface area contributed by atoms with Gasteiger partial charge in [-0.1, -0.05) is 12.8 Å². The maximum Gasteiger partial charge on any atom is -0.00773 e. The Morgan fingerprint density at radius 3 is 1.75 bits per heavy atom. The fraction of sp³-hybridized carbons (Fsp3) is 0.929. The molecule has 0 aromatic rings. The van der Waals surface area contributed by atoms with Crippen LogP contribution in [0.15, 0.2) is 0 Å². The molecule has 0 bridgehead atoms. The van der Waals surface area contributed by atoms with Crippen molar-refractivity contribution in [2.75, 3.05) is 13.1 Å². The quantitative estimate of drug-likeness (QED) is 0.624. The molecule has 1 aliphatic rings. The van der Waals surface area contributed by atoms with Crippen LogP contribution in [0.3, 0.4) is 0 Å². The number of hydrogen-bond acceptors (Lipinski definition) is 2. The molecule has 0 spiro atoms. The first-order valence-electron chi connectivity index (χ1n) is 7.05. The summed E-state index contributed by atoms with van der Waals surface area (Å²) in [5, 5.41) is 0. The highest BCUT2D eigenvalue weighted by Gasteiger charge is 2.30. The van der Waals surface area contributed by atoms with Gasteiger partial charge in [-0.3, -0.25) is 0 Å². The average molecular weight is 225 g/mol. The number of rotatable bonds is 8. The van der Waals surface area contributed by atoms with Gasteiger partial charge in [-0.05, 0) is 76.3 Å². The Balaban J connectivity index is 2.33. The van der Waals surface area contributed by atoms with Gasteiger partial charge in [0.1, 0.15) is 0 Å². The lowest BCUT2D eigenvalue weighted by Gasteiger charge is -2.37.